The van der Waals surface area contributed by atoms with E-state index in [-0.39, 0.29) is 11.4 Å². The molecule has 0 unspecified atom stereocenters. The van der Waals surface area contributed by atoms with E-state index in [2.05, 4.69) is 20.9 Å². The third-order valence-electron chi connectivity index (χ3n) is 3.61. The summed E-state index contributed by atoms with van der Waals surface area (Å²) in [6.07, 6.45) is 0. The van der Waals surface area contributed by atoms with Crippen LogP contribution in [0.3, 0.4) is 0 Å². The maximum Gasteiger partial charge on any atom is 0.356 e. The van der Waals surface area contributed by atoms with Crippen molar-refractivity contribution < 1.29 is 14.6 Å². The van der Waals surface area contributed by atoms with Gasteiger partial charge in [0.25, 0.3) is 0 Å². The van der Waals surface area contributed by atoms with Gasteiger partial charge in [-0.25, -0.2) is 9.78 Å². The second-order valence-corrected chi connectivity index (χ2v) is 5.94. The molecule has 5 heteroatoms. The number of rotatable bonds is 3. The Morgan fingerprint density at radius 3 is 2.50 bits per heavy atom. The number of nitrogens with zero attached hydrogens (tertiary/aromatic N) is 1. The van der Waals surface area contributed by atoms with Crippen molar-refractivity contribution in [1.29, 1.82) is 0 Å². The molecule has 3 aromatic rings. The van der Waals surface area contributed by atoms with Crippen LogP contribution < -0.4 is 0 Å². The lowest BCUT2D eigenvalue weighted by molar-refractivity contribution is 0.0594. The van der Waals surface area contributed by atoms with Gasteiger partial charge in [-0.1, -0.05) is 42.5 Å². The van der Waals surface area contributed by atoms with E-state index in [4.69, 9.17) is 4.74 Å². The SMILES string of the molecule is COC(=O)c1cccc(-c2c(-c3ccccc3)ccc(Br)c2O)n1. The van der Waals surface area contributed by atoms with E-state index in [1.165, 1.54) is 7.11 Å². The number of hydrogen-bond donors (Lipinski definition) is 1. The van der Waals surface area contributed by atoms with E-state index in [1.807, 2.05) is 36.4 Å². The number of methoxy groups -OCH3 is 1. The van der Waals surface area contributed by atoms with E-state index in [0.717, 1.165) is 11.1 Å². The van der Waals surface area contributed by atoms with Crippen molar-refractivity contribution in [3.05, 3.63) is 70.8 Å². The summed E-state index contributed by atoms with van der Waals surface area (Å²) in [5.74, 6) is -0.446. The largest absolute Gasteiger partial charge is 0.506 e. The van der Waals surface area contributed by atoms with Crippen LogP contribution in [-0.4, -0.2) is 23.2 Å². The number of phenols is 1. The molecule has 1 heterocycles. The Morgan fingerprint density at radius 1 is 1.04 bits per heavy atom. The van der Waals surface area contributed by atoms with Gasteiger partial charge in [-0.3, -0.25) is 0 Å². The first-order valence-electron chi connectivity index (χ1n) is 7.24. The van der Waals surface area contributed by atoms with Gasteiger partial charge in [0.1, 0.15) is 11.4 Å². The molecule has 3 rings (SSSR count). The van der Waals surface area contributed by atoms with Crippen LogP contribution in [0.15, 0.2) is 65.1 Å². The van der Waals surface area contributed by atoms with Crippen molar-refractivity contribution in [2.24, 2.45) is 0 Å². The fraction of sp³-hybridized carbons (Fsp3) is 0.0526. The number of phenolic OH excluding ortho intramolecular Hbond substituents is 1. The molecule has 24 heavy (non-hydrogen) atoms. The summed E-state index contributed by atoms with van der Waals surface area (Å²) in [4.78, 5) is 16.1. The van der Waals surface area contributed by atoms with Crippen molar-refractivity contribution in [2.45, 2.75) is 0 Å². The second kappa shape index (κ2) is 6.84. The Labute approximate surface area is 147 Å². The van der Waals surface area contributed by atoms with Crippen LogP contribution in [0.2, 0.25) is 0 Å². The Morgan fingerprint density at radius 2 is 1.79 bits per heavy atom. The third-order valence-corrected chi connectivity index (χ3v) is 4.25. The number of aromatic nitrogens is 1. The van der Waals surface area contributed by atoms with Crippen LogP contribution in [-0.2, 0) is 4.74 Å². The molecule has 0 bridgehead atoms. The summed E-state index contributed by atoms with van der Waals surface area (Å²) >= 11 is 3.34. The highest BCUT2D eigenvalue weighted by Gasteiger charge is 2.17. The molecule has 1 aromatic heterocycles. The van der Waals surface area contributed by atoms with Crippen molar-refractivity contribution in [1.82, 2.24) is 4.98 Å². The molecule has 2 aromatic carbocycles. The summed E-state index contributed by atoms with van der Waals surface area (Å²) in [5, 5.41) is 10.6. The summed E-state index contributed by atoms with van der Waals surface area (Å²) < 4.78 is 5.28. The van der Waals surface area contributed by atoms with Gasteiger partial charge in [-0.2, -0.15) is 0 Å². The van der Waals surface area contributed by atoms with Crippen molar-refractivity contribution in [3.8, 4) is 28.1 Å². The average Bonchev–Trinajstić information content (AvgIpc) is 2.64. The first kappa shape index (κ1) is 16.2. The molecule has 0 aliphatic heterocycles. The molecule has 0 atom stereocenters. The molecule has 4 nitrogen and oxygen atoms in total. The highest BCUT2D eigenvalue weighted by atomic mass is 79.9. The minimum atomic E-state index is -0.521. The Kier molecular flexibility index (Phi) is 4.62. The van der Waals surface area contributed by atoms with E-state index >= 15 is 0 Å². The average molecular weight is 384 g/mol. The lowest BCUT2D eigenvalue weighted by Crippen LogP contribution is -2.04. The standard InChI is InChI=1S/C19H14BrNO3/c1-24-19(23)16-9-5-8-15(21-16)17-13(10-11-14(20)18(17)22)12-6-3-2-4-7-12/h2-11,22H,1H3. The lowest BCUT2D eigenvalue weighted by atomic mass is 9.96. The highest BCUT2D eigenvalue weighted by molar-refractivity contribution is 9.10. The van der Waals surface area contributed by atoms with Gasteiger partial charge in [-0.05, 0) is 45.3 Å². The molecule has 0 amide bonds. The molecule has 1 N–H and O–H groups in total. The molecule has 120 valence electrons. The molecule has 0 aliphatic carbocycles. The van der Waals surface area contributed by atoms with Gasteiger partial charge in [0, 0.05) is 0 Å². The number of ether oxygens (including phenoxy) is 1. The molecular formula is C19H14BrNO3. The van der Waals surface area contributed by atoms with Crippen LogP contribution in [0.5, 0.6) is 5.75 Å². The molecule has 0 aliphatic rings. The summed E-state index contributed by atoms with van der Waals surface area (Å²) in [7, 11) is 1.31. The summed E-state index contributed by atoms with van der Waals surface area (Å²) in [6, 6.07) is 18.4. The van der Waals surface area contributed by atoms with Gasteiger partial charge < -0.3 is 9.84 Å². The topological polar surface area (TPSA) is 59.4 Å². The van der Waals surface area contributed by atoms with Gasteiger partial charge >= 0.3 is 5.97 Å². The quantitative estimate of drug-likeness (QED) is 0.667. The number of carbonyl (C=O) groups excluding carboxylic acids is 1. The number of carbonyl (C=O) groups is 1. The zero-order valence-electron chi connectivity index (χ0n) is 12.9. The third kappa shape index (κ3) is 3.03. The van der Waals surface area contributed by atoms with E-state index in [9.17, 15) is 9.90 Å². The summed E-state index contributed by atoms with van der Waals surface area (Å²) in [6.45, 7) is 0. The van der Waals surface area contributed by atoms with Crippen LogP contribution >= 0.6 is 15.9 Å². The first-order chi connectivity index (χ1) is 11.6. The van der Waals surface area contributed by atoms with Gasteiger partial charge in [0.15, 0.2) is 0 Å². The number of esters is 1. The Hall–Kier alpha value is -2.66. The minimum Gasteiger partial charge on any atom is -0.506 e. The van der Waals surface area contributed by atoms with Gasteiger partial charge in [0.2, 0.25) is 0 Å². The predicted octanol–water partition coefficient (Wildman–Crippen LogP) is 4.67. The van der Waals surface area contributed by atoms with E-state index in [1.54, 1.807) is 24.3 Å². The normalized spacial score (nSPS) is 10.4. The maximum atomic E-state index is 11.7. The Balaban J connectivity index is 2.24. The first-order valence-corrected chi connectivity index (χ1v) is 8.03. The molecular weight excluding hydrogens is 370 g/mol. The van der Waals surface area contributed by atoms with Gasteiger partial charge in [-0.15, -0.1) is 0 Å². The highest BCUT2D eigenvalue weighted by Crippen LogP contribution is 2.42. The smallest absolute Gasteiger partial charge is 0.356 e. The lowest BCUT2D eigenvalue weighted by Gasteiger charge is -2.13. The van der Waals surface area contributed by atoms with Crippen molar-refractivity contribution in [2.75, 3.05) is 7.11 Å². The number of halogens is 1. The molecule has 0 fully saturated rings. The van der Waals surface area contributed by atoms with E-state index in [0.29, 0.717) is 15.7 Å². The molecule has 0 spiro atoms. The molecule has 0 radical (unpaired) electrons. The second-order valence-electron chi connectivity index (χ2n) is 5.08. The van der Waals surface area contributed by atoms with E-state index < -0.39 is 5.97 Å². The van der Waals surface area contributed by atoms with Crippen LogP contribution in [0.1, 0.15) is 10.5 Å². The Bertz CT molecular complexity index is 894. The predicted molar refractivity (Wildman–Crippen MR) is 95.8 cm³/mol. The molecule has 0 saturated heterocycles. The van der Waals surface area contributed by atoms with Gasteiger partial charge in [0.05, 0.1) is 22.8 Å². The fourth-order valence-electron chi connectivity index (χ4n) is 2.48. The number of benzene rings is 2. The van der Waals surface area contributed by atoms with Crippen molar-refractivity contribution >= 4 is 21.9 Å². The monoisotopic (exact) mass is 383 g/mol. The number of pyridine rings is 1. The fourth-order valence-corrected chi connectivity index (χ4v) is 2.81. The number of aromatic hydroxyl groups is 1. The zero-order valence-corrected chi connectivity index (χ0v) is 14.4. The minimum absolute atomic E-state index is 0.0749. The molecule has 0 saturated carbocycles. The van der Waals surface area contributed by atoms with Crippen molar-refractivity contribution in [3.63, 3.8) is 0 Å². The zero-order chi connectivity index (χ0) is 17.1. The summed E-state index contributed by atoms with van der Waals surface area (Å²) in [5.41, 5.74) is 3.01. The van der Waals surface area contributed by atoms with Crippen LogP contribution in [0.4, 0.5) is 0 Å². The van der Waals surface area contributed by atoms with Crippen LogP contribution in [0, 0.1) is 0 Å². The number of hydrogen-bond acceptors (Lipinski definition) is 4. The maximum absolute atomic E-state index is 11.7. The van der Waals surface area contributed by atoms with Crippen LogP contribution in [0.25, 0.3) is 22.4 Å².